The van der Waals surface area contributed by atoms with Crippen molar-refractivity contribution in [3.8, 4) is 0 Å². The molecule has 4 aromatic rings. The van der Waals surface area contributed by atoms with E-state index in [4.69, 9.17) is 4.98 Å². The minimum Gasteiger partial charge on any atom is -0.339 e. The van der Waals surface area contributed by atoms with Gasteiger partial charge in [-0.15, -0.1) is 0 Å². The number of anilines is 1. The van der Waals surface area contributed by atoms with Crippen molar-refractivity contribution in [1.29, 1.82) is 0 Å². The maximum Gasteiger partial charge on any atom is 0.332 e. The van der Waals surface area contributed by atoms with Crippen LogP contribution < -0.4 is 16.1 Å². The van der Waals surface area contributed by atoms with Gasteiger partial charge in [0.15, 0.2) is 11.2 Å². The quantitative estimate of drug-likeness (QED) is 0.485. The maximum absolute atomic E-state index is 13.7. The van der Waals surface area contributed by atoms with Gasteiger partial charge in [0.2, 0.25) is 5.95 Å². The Morgan fingerprint density at radius 2 is 1.73 bits per heavy atom. The number of hydrogen-bond donors (Lipinski definition) is 0. The molecule has 2 aliphatic rings. The summed E-state index contributed by atoms with van der Waals surface area (Å²) in [6, 6.07) is 14.6. The largest absolute Gasteiger partial charge is 0.339 e. The SMILES string of the molecule is Cn1c(=O)n(Cc2cccc3ccccc23)c(=O)c2c1nc1n2CCCN1C1CCCCC1. The molecule has 0 amide bonds. The minimum atomic E-state index is -0.319. The van der Waals surface area contributed by atoms with E-state index in [-0.39, 0.29) is 17.8 Å². The summed E-state index contributed by atoms with van der Waals surface area (Å²) in [6.45, 7) is 1.97. The highest BCUT2D eigenvalue weighted by Crippen LogP contribution is 2.31. The molecule has 0 saturated heterocycles. The Morgan fingerprint density at radius 3 is 2.58 bits per heavy atom. The lowest BCUT2D eigenvalue weighted by molar-refractivity contribution is 0.391. The molecular weight excluding hydrogens is 414 g/mol. The molecule has 2 aromatic carbocycles. The van der Waals surface area contributed by atoms with Crippen LogP contribution in [-0.2, 0) is 20.1 Å². The molecule has 1 saturated carbocycles. The minimum absolute atomic E-state index is 0.245. The molecule has 3 heterocycles. The fourth-order valence-electron chi connectivity index (χ4n) is 5.77. The van der Waals surface area contributed by atoms with Gasteiger partial charge in [0, 0.05) is 26.2 Å². The molecule has 1 fully saturated rings. The first-order chi connectivity index (χ1) is 16.1. The lowest BCUT2D eigenvalue weighted by Crippen LogP contribution is -2.42. The Hall–Kier alpha value is -3.35. The molecule has 2 aromatic heterocycles. The summed E-state index contributed by atoms with van der Waals surface area (Å²) in [6.07, 6.45) is 7.13. The average Bonchev–Trinajstić information content (AvgIpc) is 3.26. The number of benzene rings is 2. The van der Waals surface area contributed by atoms with Crippen molar-refractivity contribution < 1.29 is 0 Å². The normalized spacial score (nSPS) is 17.1. The van der Waals surface area contributed by atoms with Crippen molar-refractivity contribution in [2.75, 3.05) is 11.4 Å². The molecular formula is C26H29N5O2. The van der Waals surface area contributed by atoms with E-state index >= 15 is 0 Å². The van der Waals surface area contributed by atoms with Gasteiger partial charge in [-0.25, -0.2) is 4.79 Å². The first-order valence-electron chi connectivity index (χ1n) is 12.1. The van der Waals surface area contributed by atoms with Crippen LogP contribution in [0.15, 0.2) is 52.1 Å². The summed E-state index contributed by atoms with van der Waals surface area (Å²) in [4.78, 5) is 34.3. The summed E-state index contributed by atoms with van der Waals surface area (Å²) in [7, 11) is 1.73. The third-order valence-corrected chi connectivity index (χ3v) is 7.47. The standard InChI is InChI=1S/C26H29N5O2/c1-28-23-22(30-16-8-15-29(25(30)27-23)20-12-3-2-4-13-20)24(32)31(26(28)33)17-19-11-7-10-18-9-5-6-14-21(18)19/h5-7,9-11,14,20H,2-4,8,12-13,15-17H2,1H3. The van der Waals surface area contributed by atoms with Crippen LogP contribution in [-0.4, -0.2) is 31.3 Å². The van der Waals surface area contributed by atoms with Crippen molar-refractivity contribution in [1.82, 2.24) is 18.7 Å². The highest BCUT2D eigenvalue weighted by molar-refractivity contribution is 5.85. The van der Waals surface area contributed by atoms with Gasteiger partial charge in [0.1, 0.15) is 0 Å². The second-order valence-electron chi connectivity index (χ2n) is 9.45. The molecule has 170 valence electrons. The van der Waals surface area contributed by atoms with Crippen molar-refractivity contribution in [3.63, 3.8) is 0 Å². The number of nitrogens with zero attached hydrogens (tertiary/aromatic N) is 5. The number of rotatable bonds is 3. The summed E-state index contributed by atoms with van der Waals surface area (Å²) in [5.74, 6) is 0.859. The molecule has 1 aliphatic heterocycles. The summed E-state index contributed by atoms with van der Waals surface area (Å²) >= 11 is 0. The third kappa shape index (κ3) is 3.21. The predicted octanol–water partition coefficient (Wildman–Crippen LogP) is 3.64. The molecule has 7 nitrogen and oxygen atoms in total. The molecule has 0 atom stereocenters. The lowest BCUT2D eigenvalue weighted by Gasteiger charge is -2.37. The smallest absolute Gasteiger partial charge is 0.332 e. The summed E-state index contributed by atoms with van der Waals surface area (Å²) in [5.41, 5.74) is 1.45. The van der Waals surface area contributed by atoms with Gasteiger partial charge in [-0.05, 0) is 35.6 Å². The predicted molar refractivity (Wildman–Crippen MR) is 131 cm³/mol. The molecule has 0 radical (unpaired) electrons. The second-order valence-corrected chi connectivity index (χ2v) is 9.45. The van der Waals surface area contributed by atoms with E-state index in [2.05, 4.69) is 21.6 Å². The molecule has 0 unspecified atom stereocenters. The number of imidazole rings is 1. The zero-order valence-electron chi connectivity index (χ0n) is 19.0. The van der Waals surface area contributed by atoms with Crippen LogP contribution in [0.2, 0.25) is 0 Å². The highest BCUT2D eigenvalue weighted by atomic mass is 16.2. The van der Waals surface area contributed by atoms with Gasteiger partial charge in [0.05, 0.1) is 6.54 Å². The van der Waals surface area contributed by atoms with Crippen LogP contribution in [0, 0.1) is 0 Å². The number of hydrogen-bond acceptors (Lipinski definition) is 4. The first-order valence-corrected chi connectivity index (χ1v) is 12.1. The van der Waals surface area contributed by atoms with Crippen LogP contribution >= 0.6 is 0 Å². The van der Waals surface area contributed by atoms with Gasteiger partial charge in [-0.3, -0.25) is 13.9 Å². The van der Waals surface area contributed by atoms with Crippen molar-refractivity contribution in [2.24, 2.45) is 7.05 Å². The van der Waals surface area contributed by atoms with Crippen LogP contribution in [0.25, 0.3) is 21.9 Å². The molecule has 6 rings (SSSR count). The molecule has 33 heavy (non-hydrogen) atoms. The van der Waals surface area contributed by atoms with E-state index in [1.165, 1.54) is 36.7 Å². The second kappa shape index (κ2) is 7.90. The topological polar surface area (TPSA) is 65.1 Å². The summed E-state index contributed by atoms with van der Waals surface area (Å²) in [5, 5.41) is 2.17. The maximum atomic E-state index is 13.7. The van der Waals surface area contributed by atoms with Crippen molar-refractivity contribution in [2.45, 2.75) is 57.7 Å². The number of fused-ring (bicyclic) bond motifs is 4. The van der Waals surface area contributed by atoms with E-state index in [0.717, 1.165) is 41.8 Å². The van der Waals surface area contributed by atoms with Crippen molar-refractivity contribution >= 4 is 27.9 Å². The Morgan fingerprint density at radius 1 is 0.939 bits per heavy atom. The van der Waals surface area contributed by atoms with Crippen LogP contribution in [0.5, 0.6) is 0 Å². The van der Waals surface area contributed by atoms with Crippen molar-refractivity contribution in [3.05, 3.63) is 68.9 Å². The Balaban J connectivity index is 1.51. The fourth-order valence-corrected chi connectivity index (χ4v) is 5.77. The zero-order chi connectivity index (χ0) is 22.5. The van der Waals surface area contributed by atoms with Gasteiger partial charge >= 0.3 is 5.69 Å². The van der Waals surface area contributed by atoms with E-state index < -0.39 is 0 Å². The monoisotopic (exact) mass is 443 g/mol. The fraction of sp³-hybridized carbons (Fsp3) is 0.423. The number of aryl methyl sites for hydroxylation is 2. The zero-order valence-corrected chi connectivity index (χ0v) is 19.0. The van der Waals surface area contributed by atoms with E-state index in [1.54, 1.807) is 11.6 Å². The van der Waals surface area contributed by atoms with Gasteiger partial charge in [0.25, 0.3) is 5.56 Å². The van der Waals surface area contributed by atoms with Gasteiger partial charge < -0.3 is 9.47 Å². The molecule has 0 N–H and O–H groups in total. The number of aromatic nitrogens is 4. The molecule has 0 spiro atoms. The van der Waals surface area contributed by atoms with Gasteiger partial charge in [-0.2, -0.15) is 4.98 Å². The Kier molecular flexibility index (Phi) is 4.85. The van der Waals surface area contributed by atoms with E-state index in [1.807, 2.05) is 30.3 Å². The Labute approximate surface area is 191 Å². The lowest BCUT2D eigenvalue weighted by atomic mass is 9.94. The summed E-state index contributed by atoms with van der Waals surface area (Å²) < 4.78 is 4.99. The van der Waals surface area contributed by atoms with Crippen LogP contribution in [0.3, 0.4) is 0 Å². The van der Waals surface area contributed by atoms with E-state index in [9.17, 15) is 9.59 Å². The average molecular weight is 444 g/mol. The van der Waals surface area contributed by atoms with Crippen LogP contribution in [0.4, 0.5) is 5.95 Å². The molecule has 0 bridgehead atoms. The van der Waals surface area contributed by atoms with E-state index in [0.29, 0.717) is 17.2 Å². The third-order valence-electron chi connectivity index (χ3n) is 7.47. The molecule has 7 heteroatoms. The van der Waals surface area contributed by atoms with Crippen LogP contribution in [0.1, 0.15) is 44.1 Å². The van der Waals surface area contributed by atoms with Gasteiger partial charge in [-0.1, -0.05) is 61.7 Å². The highest BCUT2D eigenvalue weighted by Gasteiger charge is 2.30. The molecule has 1 aliphatic carbocycles. The first kappa shape index (κ1) is 20.3. The Bertz CT molecular complexity index is 1470.